The van der Waals surface area contributed by atoms with Crippen LogP contribution in [0, 0.1) is 24.3 Å². The summed E-state index contributed by atoms with van der Waals surface area (Å²) in [4.78, 5) is 16.1. The molecule has 11 heteroatoms. The summed E-state index contributed by atoms with van der Waals surface area (Å²) in [6.45, 7) is 12.6. The van der Waals surface area contributed by atoms with Gasteiger partial charge in [-0.1, -0.05) is 63.8 Å². The molecule has 2 aromatic carbocycles. The number of halogens is 6. The Morgan fingerprint density at radius 2 is 1.67 bits per heavy atom. The number of carbonyl (C=O) groups is 1. The molecule has 2 heterocycles. The molecule has 0 bridgehead atoms. The first-order valence-electron chi connectivity index (χ1n) is 15.6. The Labute approximate surface area is 295 Å². The molecule has 0 unspecified atom stereocenters. The monoisotopic (exact) mass is 869 g/mol. The molecule has 1 saturated carbocycles. The quantitative estimate of drug-likeness (QED) is 0.0941. The first-order valence-corrected chi connectivity index (χ1v) is 16.4. The van der Waals surface area contributed by atoms with Crippen molar-refractivity contribution in [3.8, 4) is 11.3 Å². The van der Waals surface area contributed by atoms with Crippen LogP contribution < -0.4 is 0 Å². The Hall–Kier alpha value is -2.75. The van der Waals surface area contributed by atoms with Crippen LogP contribution in [0.25, 0.3) is 32.1 Å². The number of rotatable bonds is 5. The van der Waals surface area contributed by atoms with Crippen molar-refractivity contribution in [2.45, 2.75) is 97.8 Å². The van der Waals surface area contributed by atoms with E-state index in [0.29, 0.717) is 18.9 Å². The predicted molar refractivity (Wildman–Crippen MR) is 177 cm³/mol. The Kier molecular flexibility index (Phi) is 12.4. The molecule has 1 radical (unpaired) electrons. The number of carbonyl (C=O) groups excluding carboxylic acids is 1. The summed E-state index contributed by atoms with van der Waals surface area (Å²) in [5, 5.41) is 12.7. The Balaban J connectivity index is 0.000000298. The summed E-state index contributed by atoms with van der Waals surface area (Å²) in [5.41, 5.74) is 3.89. The van der Waals surface area contributed by atoms with Crippen LogP contribution >= 0.6 is 11.3 Å². The zero-order valence-corrected chi connectivity index (χ0v) is 31.0. The summed E-state index contributed by atoms with van der Waals surface area (Å²) in [7, 11) is 0. The van der Waals surface area contributed by atoms with Crippen LogP contribution in [0.15, 0.2) is 54.4 Å². The van der Waals surface area contributed by atoms with Gasteiger partial charge in [-0.3, -0.25) is 9.78 Å². The van der Waals surface area contributed by atoms with Crippen molar-refractivity contribution in [2.75, 3.05) is 0 Å². The number of alkyl halides is 6. The van der Waals surface area contributed by atoms with Gasteiger partial charge in [0, 0.05) is 60.0 Å². The summed E-state index contributed by atoms with van der Waals surface area (Å²) < 4.78 is 75.2. The predicted octanol–water partition coefficient (Wildman–Crippen LogP) is 11.8. The molecular formula is C37H40F6IrNO2S-. The van der Waals surface area contributed by atoms with Crippen molar-refractivity contribution in [3.63, 3.8) is 0 Å². The van der Waals surface area contributed by atoms with Crippen LogP contribution in [-0.4, -0.2) is 28.2 Å². The van der Waals surface area contributed by atoms with E-state index >= 15 is 0 Å². The van der Waals surface area contributed by atoms with Crippen LogP contribution in [0.5, 0.6) is 0 Å². The van der Waals surface area contributed by atoms with Gasteiger partial charge < -0.3 is 5.11 Å². The van der Waals surface area contributed by atoms with Gasteiger partial charge >= 0.3 is 12.4 Å². The van der Waals surface area contributed by atoms with Gasteiger partial charge in [-0.2, -0.15) is 26.3 Å². The van der Waals surface area contributed by atoms with E-state index in [9.17, 15) is 36.2 Å². The van der Waals surface area contributed by atoms with E-state index in [1.807, 2.05) is 31.2 Å². The minimum Gasteiger partial charge on any atom is -0.512 e. The van der Waals surface area contributed by atoms with E-state index < -0.39 is 30.3 Å². The van der Waals surface area contributed by atoms with E-state index in [0.717, 1.165) is 55.4 Å². The maximum Gasteiger partial charge on any atom is 0.454 e. The third kappa shape index (κ3) is 9.91. The molecule has 0 amide bonds. The average Bonchev–Trinajstić information content (AvgIpc) is 3.29. The molecule has 1 aliphatic carbocycles. The summed E-state index contributed by atoms with van der Waals surface area (Å²) >= 11 is 1.42. The average molecular weight is 869 g/mol. The Morgan fingerprint density at radius 1 is 1.04 bits per heavy atom. The first-order chi connectivity index (χ1) is 21.7. The van der Waals surface area contributed by atoms with Gasteiger partial charge in [-0.25, -0.2) is 0 Å². The van der Waals surface area contributed by atoms with Crippen LogP contribution in [0.3, 0.4) is 0 Å². The van der Waals surface area contributed by atoms with Crippen molar-refractivity contribution in [3.05, 3.63) is 76.5 Å². The summed E-state index contributed by atoms with van der Waals surface area (Å²) in [6, 6.07) is 15.7. The molecular weight excluding hydrogens is 829 g/mol. The van der Waals surface area contributed by atoms with Crippen molar-refractivity contribution < 1.29 is 56.3 Å². The number of benzene rings is 2. The zero-order valence-electron chi connectivity index (χ0n) is 27.8. The Morgan fingerprint density at radius 3 is 2.25 bits per heavy atom. The van der Waals surface area contributed by atoms with Crippen LogP contribution in [0.1, 0.15) is 82.7 Å². The molecule has 2 aromatic heterocycles. The molecule has 0 aliphatic heterocycles. The molecule has 3 nitrogen and oxygen atoms in total. The third-order valence-corrected chi connectivity index (χ3v) is 10.1. The van der Waals surface area contributed by atoms with E-state index in [-0.39, 0.29) is 43.3 Å². The fourth-order valence-electron chi connectivity index (χ4n) is 5.89. The van der Waals surface area contributed by atoms with Crippen molar-refractivity contribution in [1.82, 2.24) is 4.98 Å². The number of hydrogen-bond acceptors (Lipinski definition) is 4. The second-order valence-corrected chi connectivity index (χ2v) is 15.2. The second kappa shape index (κ2) is 15.0. The number of aryl methyl sites for hydroxylation is 2. The van der Waals surface area contributed by atoms with E-state index in [1.54, 1.807) is 6.20 Å². The van der Waals surface area contributed by atoms with Gasteiger partial charge in [0.1, 0.15) is 0 Å². The number of allylic oxidation sites excluding steroid dienone is 2. The van der Waals surface area contributed by atoms with Crippen LogP contribution in [-0.2, 0) is 36.7 Å². The molecule has 1 N–H and O–H groups in total. The van der Waals surface area contributed by atoms with Crippen molar-refractivity contribution >= 4 is 38.0 Å². The van der Waals surface area contributed by atoms with Gasteiger partial charge in [0.05, 0.1) is 5.76 Å². The molecule has 1 aliphatic rings. The minimum atomic E-state index is -4.90. The van der Waals surface area contributed by atoms with Gasteiger partial charge in [-0.15, -0.1) is 40.5 Å². The molecule has 4 aromatic rings. The van der Waals surface area contributed by atoms with Crippen molar-refractivity contribution in [1.29, 1.82) is 0 Å². The third-order valence-electron chi connectivity index (χ3n) is 8.74. The standard InChI is InChI=1S/C25H23F3NS.C12H17F3O2.Ir/c1-15-18-10-12-29-22(23(18)30-21(15)9-11-25(26,27)28)17-13-16-7-5-6-8-19(16)20(14-17)24(2,3)4;1-11(2)5-3-8(4-6-11)9(16)7-10(17)12(13,14)15;/h5-8,10,12,14H,9,11H2,1-4H3;7-8,16H,3-6H2,1-2H3;/q-1;;/b;9-7-;. The topological polar surface area (TPSA) is 50.2 Å². The van der Waals surface area contributed by atoms with Crippen molar-refractivity contribution in [2.24, 2.45) is 11.3 Å². The molecule has 5 rings (SSSR count). The minimum absolute atomic E-state index is 0. The van der Waals surface area contributed by atoms with Gasteiger partial charge in [0.15, 0.2) is 0 Å². The Bertz CT molecular complexity index is 1770. The van der Waals surface area contributed by atoms with Crippen LogP contribution in [0.2, 0.25) is 0 Å². The number of fused-ring (bicyclic) bond motifs is 2. The zero-order chi connectivity index (χ0) is 34.9. The summed E-state index contributed by atoms with van der Waals surface area (Å²) in [6.07, 6.45) is -4.86. The molecule has 1 fully saturated rings. The first kappa shape index (κ1) is 39.7. The summed E-state index contributed by atoms with van der Waals surface area (Å²) in [5.74, 6) is -2.73. The van der Waals surface area contributed by atoms with E-state index in [4.69, 9.17) is 0 Å². The molecule has 263 valence electrons. The number of aliphatic hydroxyl groups is 1. The van der Waals surface area contributed by atoms with E-state index in [2.05, 4.69) is 57.8 Å². The number of aliphatic hydroxyl groups excluding tert-OH is 1. The molecule has 0 spiro atoms. The van der Waals surface area contributed by atoms with Crippen LogP contribution in [0.4, 0.5) is 26.3 Å². The molecule has 0 atom stereocenters. The number of nitrogens with zero attached hydrogens (tertiary/aromatic N) is 1. The second-order valence-electron chi connectivity index (χ2n) is 14.1. The van der Waals surface area contributed by atoms with Gasteiger partial charge in [-0.05, 0) is 66.9 Å². The molecule has 0 saturated heterocycles. The number of ketones is 1. The maximum absolute atomic E-state index is 12.8. The smallest absolute Gasteiger partial charge is 0.454 e. The number of hydrogen-bond donors (Lipinski definition) is 1. The normalized spacial score (nSPS) is 16.0. The van der Waals surface area contributed by atoms with E-state index in [1.165, 1.54) is 16.9 Å². The van der Waals surface area contributed by atoms with Gasteiger partial charge in [0.25, 0.3) is 5.78 Å². The molecule has 48 heavy (non-hydrogen) atoms. The SMILES string of the molecule is CC1(C)CCC(/C(O)=C/C(=O)C(F)(F)F)CC1.Cc1c(CCC(F)(F)F)sc2c(-c3[c-]c4ccccc4c(C(C)(C)C)c3)nccc12.[Ir]. The number of aromatic nitrogens is 1. The number of thiophene rings is 1. The van der Waals surface area contributed by atoms with Gasteiger partial charge in [0.2, 0.25) is 0 Å². The number of pyridine rings is 1. The fourth-order valence-corrected chi connectivity index (χ4v) is 7.19. The largest absolute Gasteiger partial charge is 0.512 e. The maximum atomic E-state index is 12.8. The fraction of sp³-hybridized carbons (Fsp3) is 0.459.